The number of hydrogen-bond acceptors (Lipinski definition) is 5. The predicted molar refractivity (Wildman–Crippen MR) is 103 cm³/mol. The van der Waals surface area contributed by atoms with Gasteiger partial charge in [-0.2, -0.15) is 0 Å². The van der Waals surface area contributed by atoms with Crippen LogP contribution in [0.3, 0.4) is 0 Å². The Morgan fingerprint density at radius 3 is 2.12 bits per heavy atom. The van der Waals surface area contributed by atoms with E-state index < -0.39 is 20.9 Å². The standard InChI is InChI=1S/C18H22ClN3O3S/c1-10(2)12-7-6-8-13(11(3)4)15(12)21-17(23)16-14(19)9-20-18(22-16)26(5,24)25/h6-11H,1-5H3,(H,21,23). The summed E-state index contributed by atoms with van der Waals surface area (Å²) in [5.41, 5.74) is 2.50. The van der Waals surface area contributed by atoms with Gasteiger partial charge in [0.2, 0.25) is 15.0 Å². The molecule has 1 aromatic carbocycles. The molecule has 0 radical (unpaired) electrons. The Labute approximate surface area is 158 Å². The third kappa shape index (κ3) is 4.40. The Hall–Kier alpha value is -1.99. The van der Waals surface area contributed by atoms with Crippen LogP contribution in [-0.2, 0) is 9.84 Å². The second-order valence-electron chi connectivity index (χ2n) is 6.70. The van der Waals surface area contributed by atoms with Crippen LogP contribution >= 0.6 is 11.6 Å². The Bertz CT molecular complexity index is 914. The van der Waals surface area contributed by atoms with Crippen LogP contribution in [-0.4, -0.2) is 30.5 Å². The third-order valence-electron chi connectivity index (χ3n) is 3.88. The zero-order chi connectivity index (χ0) is 19.6. The average molecular weight is 396 g/mol. The fraction of sp³-hybridized carbons (Fsp3) is 0.389. The van der Waals surface area contributed by atoms with E-state index in [1.54, 1.807) is 0 Å². The molecule has 140 valence electrons. The number of sulfone groups is 1. The number of anilines is 1. The predicted octanol–water partition coefficient (Wildman–Crippen LogP) is 4.03. The van der Waals surface area contributed by atoms with Crippen LogP contribution in [0.2, 0.25) is 5.02 Å². The summed E-state index contributed by atoms with van der Waals surface area (Å²) in [7, 11) is -3.65. The lowest BCUT2D eigenvalue weighted by molar-refractivity contribution is 0.102. The van der Waals surface area contributed by atoms with Crippen LogP contribution in [0.5, 0.6) is 0 Å². The summed E-state index contributed by atoms with van der Waals surface area (Å²) < 4.78 is 23.3. The van der Waals surface area contributed by atoms with Crippen LogP contribution in [0.15, 0.2) is 29.6 Å². The number of carbonyl (C=O) groups excluding carboxylic acids is 1. The molecule has 1 amide bonds. The summed E-state index contributed by atoms with van der Waals surface area (Å²) in [5, 5.41) is 2.42. The summed E-state index contributed by atoms with van der Waals surface area (Å²) >= 11 is 6.03. The first-order valence-electron chi connectivity index (χ1n) is 8.19. The second-order valence-corrected chi connectivity index (χ2v) is 9.01. The second kappa shape index (κ2) is 7.72. The van der Waals surface area contributed by atoms with Crippen molar-refractivity contribution in [2.75, 3.05) is 11.6 Å². The van der Waals surface area contributed by atoms with Gasteiger partial charge in [-0.1, -0.05) is 57.5 Å². The maximum Gasteiger partial charge on any atom is 0.276 e. The smallest absolute Gasteiger partial charge is 0.276 e. The van der Waals surface area contributed by atoms with Gasteiger partial charge >= 0.3 is 0 Å². The summed E-state index contributed by atoms with van der Waals surface area (Å²) in [6.07, 6.45) is 2.10. The molecule has 0 saturated heterocycles. The van der Waals surface area contributed by atoms with Gasteiger partial charge in [0, 0.05) is 11.9 Å². The number of nitrogens with one attached hydrogen (secondary N) is 1. The monoisotopic (exact) mass is 395 g/mol. The van der Waals surface area contributed by atoms with Crippen molar-refractivity contribution in [1.29, 1.82) is 0 Å². The normalized spacial score (nSPS) is 11.8. The molecule has 0 unspecified atom stereocenters. The molecular weight excluding hydrogens is 374 g/mol. The minimum absolute atomic E-state index is 0.0111. The minimum atomic E-state index is -3.65. The van der Waals surface area contributed by atoms with Gasteiger partial charge in [0.25, 0.3) is 5.91 Å². The van der Waals surface area contributed by atoms with Gasteiger partial charge in [-0.15, -0.1) is 0 Å². The largest absolute Gasteiger partial charge is 0.320 e. The highest BCUT2D eigenvalue weighted by atomic mass is 35.5. The van der Waals surface area contributed by atoms with Crippen molar-refractivity contribution in [2.24, 2.45) is 0 Å². The van der Waals surface area contributed by atoms with E-state index in [1.165, 1.54) is 0 Å². The quantitative estimate of drug-likeness (QED) is 0.772. The summed E-state index contributed by atoms with van der Waals surface area (Å²) in [4.78, 5) is 20.3. The van der Waals surface area contributed by atoms with Crippen molar-refractivity contribution in [2.45, 2.75) is 44.7 Å². The number of rotatable bonds is 5. The number of nitrogens with zero attached hydrogens (tertiary/aromatic N) is 2. The van der Waals surface area contributed by atoms with E-state index in [0.717, 1.165) is 23.6 Å². The Kier molecular flexibility index (Phi) is 6.03. The van der Waals surface area contributed by atoms with Crippen molar-refractivity contribution in [3.63, 3.8) is 0 Å². The van der Waals surface area contributed by atoms with E-state index >= 15 is 0 Å². The van der Waals surface area contributed by atoms with Crippen molar-refractivity contribution in [3.8, 4) is 0 Å². The van der Waals surface area contributed by atoms with Gasteiger partial charge < -0.3 is 5.32 Å². The zero-order valence-electron chi connectivity index (χ0n) is 15.4. The lowest BCUT2D eigenvalue weighted by atomic mass is 9.92. The maximum atomic E-state index is 12.8. The van der Waals surface area contributed by atoms with Crippen LogP contribution < -0.4 is 5.32 Å². The van der Waals surface area contributed by atoms with Crippen LogP contribution in [0.25, 0.3) is 0 Å². The molecule has 26 heavy (non-hydrogen) atoms. The third-order valence-corrected chi connectivity index (χ3v) is 5.02. The number of amides is 1. The molecule has 8 heteroatoms. The van der Waals surface area contributed by atoms with E-state index in [-0.39, 0.29) is 22.6 Å². The SMILES string of the molecule is CC(C)c1cccc(C(C)C)c1NC(=O)c1nc(S(C)(=O)=O)ncc1Cl. The molecule has 1 heterocycles. The number of halogens is 1. The van der Waals surface area contributed by atoms with Crippen LogP contribution in [0.4, 0.5) is 5.69 Å². The number of para-hydroxylation sites is 1. The topological polar surface area (TPSA) is 89.0 Å². The lowest BCUT2D eigenvalue weighted by Gasteiger charge is -2.20. The van der Waals surface area contributed by atoms with Crippen molar-refractivity contribution >= 4 is 33.0 Å². The average Bonchev–Trinajstić information content (AvgIpc) is 2.53. The molecule has 0 bridgehead atoms. The summed E-state index contributed by atoms with van der Waals surface area (Å²) in [5.74, 6) is -0.190. The first-order chi connectivity index (χ1) is 12.0. The Morgan fingerprint density at radius 1 is 1.12 bits per heavy atom. The molecule has 1 N–H and O–H groups in total. The zero-order valence-corrected chi connectivity index (χ0v) is 16.9. The molecule has 6 nitrogen and oxygen atoms in total. The first kappa shape index (κ1) is 20.3. The van der Waals surface area contributed by atoms with Gasteiger partial charge in [-0.05, 0) is 23.0 Å². The van der Waals surface area contributed by atoms with Gasteiger partial charge in [0.1, 0.15) is 0 Å². The van der Waals surface area contributed by atoms with E-state index in [9.17, 15) is 13.2 Å². The Morgan fingerprint density at radius 2 is 1.65 bits per heavy atom. The van der Waals surface area contributed by atoms with Crippen molar-refractivity contribution in [1.82, 2.24) is 9.97 Å². The van der Waals surface area contributed by atoms with E-state index in [2.05, 4.69) is 15.3 Å². The van der Waals surface area contributed by atoms with Crippen LogP contribution in [0.1, 0.15) is 61.1 Å². The number of aromatic nitrogens is 2. The maximum absolute atomic E-state index is 12.8. The van der Waals surface area contributed by atoms with Gasteiger partial charge in [0.05, 0.1) is 11.2 Å². The molecular formula is C18H22ClN3O3S. The molecule has 0 spiro atoms. The molecule has 0 aliphatic carbocycles. The molecule has 1 aromatic heterocycles. The van der Waals surface area contributed by atoms with Gasteiger partial charge in [0.15, 0.2) is 5.69 Å². The van der Waals surface area contributed by atoms with Crippen molar-refractivity contribution in [3.05, 3.63) is 46.2 Å². The van der Waals surface area contributed by atoms with Crippen LogP contribution in [0, 0.1) is 0 Å². The molecule has 2 aromatic rings. The van der Waals surface area contributed by atoms with E-state index in [0.29, 0.717) is 5.69 Å². The van der Waals surface area contributed by atoms with E-state index in [4.69, 9.17) is 11.6 Å². The number of carbonyl (C=O) groups is 1. The molecule has 0 atom stereocenters. The summed E-state index contributed by atoms with van der Waals surface area (Å²) in [6, 6.07) is 5.87. The van der Waals surface area contributed by atoms with Gasteiger partial charge in [-0.25, -0.2) is 18.4 Å². The minimum Gasteiger partial charge on any atom is -0.320 e. The lowest BCUT2D eigenvalue weighted by Crippen LogP contribution is -2.19. The number of benzene rings is 1. The molecule has 2 rings (SSSR count). The molecule has 0 aliphatic heterocycles. The fourth-order valence-electron chi connectivity index (χ4n) is 2.56. The molecule has 0 saturated carbocycles. The van der Waals surface area contributed by atoms with Gasteiger partial charge in [-0.3, -0.25) is 4.79 Å². The Balaban J connectivity index is 2.52. The molecule has 0 aliphatic rings. The number of hydrogen-bond donors (Lipinski definition) is 1. The first-order valence-corrected chi connectivity index (χ1v) is 10.5. The molecule has 0 fully saturated rings. The highest BCUT2D eigenvalue weighted by Crippen LogP contribution is 2.33. The van der Waals surface area contributed by atoms with E-state index in [1.807, 2.05) is 45.9 Å². The van der Waals surface area contributed by atoms with Crippen molar-refractivity contribution < 1.29 is 13.2 Å². The highest BCUT2D eigenvalue weighted by molar-refractivity contribution is 7.90. The summed E-state index contributed by atoms with van der Waals surface area (Å²) in [6.45, 7) is 8.14. The fourth-order valence-corrected chi connectivity index (χ4v) is 3.24. The highest BCUT2D eigenvalue weighted by Gasteiger charge is 2.22.